The van der Waals surface area contributed by atoms with Crippen LogP contribution in [0.2, 0.25) is 0 Å². The first-order chi connectivity index (χ1) is 17.0. The third kappa shape index (κ3) is 5.76. The van der Waals surface area contributed by atoms with E-state index in [1.165, 1.54) is 27.8 Å². The van der Waals surface area contributed by atoms with E-state index in [4.69, 9.17) is 24.1 Å². The number of rotatable bonds is 11. The molecule has 0 saturated heterocycles. The van der Waals surface area contributed by atoms with Gasteiger partial charge in [0.2, 0.25) is 6.29 Å². The Balaban J connectivity index is 1.61. The molecule has 1 amide bonds. The normalized spacial score (nSPS) is 18.6. The van der Waals surface area contributed by atoms with E-state index in [1.807, 2.05) is 6.08 Å². The molecule has 7 nitrogen and oxygen atoms in total. The second-order valence-electron chi connectivity index (χ2n) is 9.02. The predicted octanol–water partition coefficient (Wildman–Crippen LogP) is 3.84. The van der Waals surface area contributed by atoms with Crippen molar-refractivity contribution in [2.45, 2.75) is 44.2 Å². The molecule has 7 heteroatoms. The monoisotopic (exact) mass is 481 g/mol. The van der Waals surface area contributed by atoms with Crippen LogP contribution in [0.4, 0.5) is 0 Å². The standard InChI is InChI=1S/C28H35NO6/c1-29(18-27(32-2)33-3)28(31)25-16-20(17-26(35-25)34-14-7-6-13-30)22-11-8-12-23-21-10-5-4-9-19(21)15-24(22)23/h4-5,8-12,16,20,26-27,30H,6-7,13-15,17-18H2,1-3H3. The second kappa shape index (κ2) is 11.8. The third-order valence-corrected chi connectivity index (χ3v) is 6.71. The highest BCUT2D eigenvalue weighted by atomic mass is 16.7. The van der Waals surface area contributed by atoms with Crippen LogP contribution in [0.3, 0.4) is 0 Å². The maximum Gasteiger partial charge on any atom is 0.288 e. The van der Waals surface area contributed by atoms with Crippen LogP contribution in [0.25, 0.3) is 11.1 Å². The number of hydrogen-bond acceptors (Lipinski definition) is 6. The number of fused-ring (bicyclic) bond motifs is 3. The van der Waals surface area contributed by atoms with E-state index in [2.05, 4.69) is 42.5 Å². The molecule has 2 aromatic rings. The van der Waals surface area contributed by atoms with E-state index < -0.39 is 12.6 Å². The van der Waals surface area contributed by atoms with Crippen molar-refractivity contribution in [3.8, 4) is 11.1 Å². The van der Waals surface area contributed by atoms with E-state index in [9.17, 15) is 4.79 Å². The van der Waals surface area contributed by atoms with Gasteiger partial charge in [-0.05, 0) is 53.2 Å². The molecule has 2 aliphatic rings. The molecule has 1 aliphatic carbocycles. The van der Waals surface area contributed by atoms with Crippen molar-refractivity contribution < 1.29 is 28.8 Å². The fourth-order valence-corrected chi connectivity index (χ4v) is 4.83. The fraction of sp³-hybridized carbons (Fsp3) is 0.464. The number of carbonyl (C=O) groups is 1. The van der Waals surface area contributed by atoms with E-state index >= 15 is 0 Å². The summed E-state index contributed by atoms with van der Waals surface area (Å²) in [6.07, 6.45) is 3.75. The Labute approximate surface area is 207 Å². The molecule has 2 unspecified atom stereocenters. The Morgan fingerprint density at radius 3 is 2.66 bits per heavy atom. The Morgan fingerprint density at radius 2 is 1.89 bits per heavy atom. The maximum atomic E-state index is 13.3. The number of likely N-dealkylation sites (N-methyl/N-ethyl adjacent to an activating group) is 1. The highest BCUT2D eigenvalue weighted by molar-refractivity contribution is 5.91. The quantitative estimate of drug-likeness (QED) is 0.331. The summed E-state index contributed by atoms with van der Waals surface area (Å²) >= 11 is 0. The number of aliphatic hydroxyl groups is 1. The lowest BCUT2D eigenvalue weighted by molar-refractivity contribution is -0.158. The summed E-state index contributed by atoms with van der Waals surface area (Å²) in [4.78, 5) is 14.9. The molecule has 4 rings (SSSR count). The minimum absolute atomic E-state index is 0.0242. The number of aliphatic hydroxyl groups excluding tert-OH is 1. The molecule has 1 N–H and O–H groups in total. The summed E-state index contributed by atoms with van der Waals surface area (Å²) in [6.45, 7) is 0.862. The van der Waals surface area contributed by atoms with Gasteiger partial charge in [-0.1, -0.05) is 42.5 Å². The molecule has 35 heavy (non-hydrogen) atoms. The Hall–Kier alpha value is -2.71. The molecule has 0 aromatic heterocycles. The van der Waals surface area contributed by atoms with Gasteiger partial charge in [0.15, 0.2) is 12.0 Å². The number of benzene rings is 2. The van der Waals surface area contributed by atoms with Gasteiger partial charge in [0.05, 0.1) is 13.2 Å². The molecule has 1 heterocycles. The van der Waals surface area contributed by atoms with Crippen LogP contribution in [0.1, 0.15) is 41.9 Å². The Bertz CT molecular complexity index is 1050. The fourth-order valence-electron chi connectivity index (χ4n) is 4.83. The van der Waals surface area contributed by atoms with Gasteiger partial charge >= 0.3 is 0 Å². The first-order valence-electron chi connectivity index (χ1n) is 12.2. The molecule has 1 aliphatic heterocycles. The van der Waals surface area contributed by atoms with E-state index in [1.54, 1.807) is 26.2 Å². The van der Waals surface area contributed by atoms with Crippen LogP contribution in [0.5, 0.6) is 0 Å². The number of amides is 1. The number of allylic oxidation sites excluding steroid dienone is 1. The third-order valence-electron chi connectivity index (χ3n) is 6.71. The second-order valence-corrected chi connectivity index (χ2v) is 9.02. The van der Waals surface area contributed by atoms with Gasteiger partial charge in [-0.2, -0.15) is 0 Å². The van der Waals surface area contributed by atoms with Crippen molar-refractivity contribution in [1.82, 2.24) is 4.90 Å². The average Bonchev–Trinajstić information content (AvgIpc) is 3.28. The number of methoxy groups -OCH3 is 2. The van der Waals surface area contributed by atoms with Crippen molar-refractivity contribution in [3.05, 3.63) is 71.0 Å². The van der Waals surface area contributed by atoms with Crippen molar-refractivity contribution in [1.29, 1.82) is 0 Å². The minimum Gasteiger partial charge on any atom is -0.459 e. The number of carbonyl (C=O) groups excluding carboxylic acids is 1. The van der Waals surface area contributed by atoms with Crippen molar-refractivity contribution in [2.75, 3.05) is 41.0 Å². The van der Waals surface area contributed by atoms with E-state index in [-0.39, 0.29) is 30.7 Å². The average molecular weight is 482 g/mol. The molecule has 0 bridgehead atoms. The van der Waals surface area contributed by atoms with Crippen molar-refractivity contribution in [2.24, 2.45) is 0 Å². The van der Waals surface area contributed by atoms with Crippen molar-refractivity contribution in [3.63, 3.8) is 0 Å². The molecule has 2 aromatic carbocycles. The SMILES string of the molecule is COC(CN(C)C(=O)C1=CC(c2cccc3c2Cc2ccccc2-3)CC(OCCCCO)O1)OC. The van der Waals surface area contributed by atoms with Crippen LogP contribution in [-0.4, -0.2) is 69.5 Å². The number of ether oxygens (including phenoxy) is 4. The topological polar surface area (TPSA) is 77.5 Å². The predicted molar refractivity (Wildman–Crippen MR) is 133 cm³/mol. The summed E-state index contributed by atoms with van der Waals surface area (Å²) < 4.78 is 22.6. The Morgan fingerprint density at radius 1 is 1.11 bits per heavy atom. The zero-order valence-electron chi connectivity index (χ0n) is 20.7. The molecule has 0 saturated carbocycles. The van der Waals surface area contributed by atoms with Crippen LogP contribution in [0.15, 0.2) is 54.3 Å². The Kier molecular flexibility index (Phi) is 8.57. The number of unbranched alkanes of at least 4 members (excludes halogenated alkanes) is 1. The van der Waals surface area contributed by atoms with E-state index in [0.717, 1.165) is 12.8 Å². The van der Waals surface area contributed by atoms with Crippen LogP contribution < -0.4 is 0 Å². The van der Waals surface area contributed by atoms with Gasteiger partial charge in [0.25, 0.3) is 5.91 Å². The molecular formula is C28H35NO6. The van der Waals surface area contributed by atoms with Crippen molar-refractivity contribution >= 4 is 5.91 Å². The molecule has 2 atom stereocenters. The van der Waals surface area contributed by atoms with E-state index in [0.29, 0.717) is 19.4 Å². The smallest absolute Gasteiger partial charge is 0.288 e. The maximum absolute atomic E-state index is 13.3. The first kappa shape index (κ1) is 25.4. The largest absolute Gasteiger partial charge is 0.459 e. The highest BCUT2D eigenvalue weighted by Crippen LogP contribution is 2.43. The molecule has 0 radical (unpaired) electrons. The molecule has 0 fully saturated rings. The lowest BCUT2D eigenvalue weighted by atomic mass is 9.87. The van der Waals surface area contributed by atoms with Gasteiger partial charge in [0, 0.05) is 40.2 Å². The summed E-state index contributed by atoms with van der Waals surface area (Å²) in [5.74, 6) is 0.00690. The molecule has 0 spiro atoms. The van der Waals surface area contributed by atoms with Gasteiger partial charge in [-0.3, -0.25) is 4.79 Å². The van der Waals surface area contributed by atoms with Crippen LogP contribution >= 0.6 is 0 Å². The van der Waals surface area contributed by atoms with Gasteiger partial charge < -0.3 is 29.0 Å². The highest BCUT2D eigenvalue weighted by Gasteiger charge is 2.33. The molecule has 188 valence electrons. The van der Waals surface area contributed by atoms with Gasteiger partial charge in [-0.15, -0.1) is 0 Å². The lowest BCUT2D eigenvalue weighted by Gasteiger charge is -2.32. The van der Waals surface area contributed by atoms with Gasteiger partial charge in [0.1, 0.15) is 0 Å². The zero-order valence-corrected chi connectivity index (χ0v) is 20.7. The van der Waals surface area contributed by atoms with Crippen LogP contribution in [0, 0.1) is 0 Å². The summed E-state index contributed by atoms with van der Waals surface area (Å²) in [6, 6.07) is 14.9. The number of nitrogens with zero attached hydrogens (tertiary/aromatic N) is 1. The van der Waals surface area contributed by atoms with Crippen LogP contribution in [-0.2, 0) is 30.2 Å². The summed E-state index contributed by atoms with van der Waals surface area (Å²) in [7, 11) is 4.79. The summed E-state index contributed by atoms with van der Waals surface area (Å²) in [5, 5.41) is 9.08. The van der Waals surface area contributed by atoms with Gasteiger partial charge in [-0.25, -0.2) is 0 Å². The lowest BCUT2D eigenvalue weighted by Crippen LogP contribution is -2.39. The number of hydrogen-bond donors (Lipinski definition) is 1. The minimum atomic E-state index is -0.545. The zero-order chi connectivity index (χ0) is 24.8. The first-order valence-corrected chi connectivity index (χ1v) is 12.2. The molecular weight excluding hydrogens is 446 g/mol. The summed E-state index contributed by atoms with van der Waals surface area (Å²) in [5.41, 5.74) is 6.36.